The van der Waals surface area contributed by atoms with Crippen LogP contribution in [0.4, 0.5) is 0 Å². The van der Waals surface area contributed by atoms with Gasteiger partial charge < -0.3 is 23.7 Å². The molecule has 0 unspecified atom stereocenters. The van der Waals surface area contributed by atoms with Crippen molar-refractivity contribution in [1.82, 2.24) is 0 Å². The molecule has 0 fully saturated rings. The molecule has 0 bridgehead atoms. The first-order valence-corrected chi connectivity index (χ1v) is 13.3. The van der Waals surface area contributed by atoms with E-state index in [9.17, 15) is 14.4 Å². The van der Waals surface area contributed by atoms with E-state index in [2.05, 4.69) is 6.58 Å². The summed E-state index contributed by atoms with van der Waals surface area (Å²) >= 11 is 0. The lowest BCUT2D eigenvalue weighted by molar-refractivity contribution is -0.139. The van der Waals surface area contributed by atoms with Crippen LogP contribution >= 0.6 is 0 Å². The summed E-state index contributed by atoms with van der Waals surface area (Å²) in [5.74, 6) is 0.620. The number of esters is 3. The Labute approximate surface area is 240 Å². The van der Waals surface area contributed by atoms with Crippen LogP contribution in [0.1, 0.15) is 48.5 Å². The normalized spacial score (nSPS) is 10.6. The Morgan fingerprint density at radius 3 is 1.88 bits per heavy atom. The summed E-state index contributed by atoms with van der Waals surface area (Å²) in [5, 5.41) is 0. The number of unbranched alkanes of at least 4 members (excludes halogenated alkanes) is 3. The van der Waals surface area contributed by atoms with E-state index in [-0.39, 0.29) is 5.97 Å². The van der Waals surface area contributed by atoms with Crippen molar-refractivity contribution in [3.8, 4) is 23.0 Å². The predicted molar refractivity (Wildman–Crippen MR) is 155 cm³/mol. The molecule has 0 N–H and O–H groups in total. The molecular formula is C33H34O8. The van der Waals surface area contributed by atoms with E-state index in [4.69, 9.17) is 23.7 Å². The first-order chi connectivity index (χ1) is 19.8. The molecule has 8 nitrogen and oxygen atoms in total. The van der Waals surface area contributed by atoms with Gasteiger partial charge in [0.05, 0.1) is 25.9 Å². The first kappa shape index (κ1) is 30.7. The molecule has 0 amide bonds. The Bertz CT molecular complexity index is 1320. The molecule has 0 heterocycles. The fraction of sp³-hybridized carbons (Fsp3) is 0.242. The van der Waals surface area contributed by atoms with Crippen molar-refractivity contribution in [3.63, 3.8) is 0 Å². The first-order valence-electron chi connectivity index (χ1n) is 13.3. The van der Waals surface area contributed by atoms with Crippen molar-refractivity contribution in [2.24, 2.45) is 0 Å². The zero-order valence-electron chi connectivity index (χ0n) is 23.3. The molecule has 8 heteroatoms. The summed E-state index contributed by atoms with van der Waals surface area (Å²) in [7, 11) is 1.59. The third kappa shape index (κ3) is 11.0. The topological polar surface area (TPSA) is 97.4 Å². The summed E-state index contributed by atoms with van der Waals surface area (Å²) in [6.07, 6.45) is 6.52. The number of hydrogen-bond donors (Lipinski definition) is 0. The molecule has 0 aliphatic carbocycles. The molecule has 0 aliphatic heterocycles. The van der Waals surface area contributed by atoms with Crippen LogP contribution in [-0.4, -0.2) is 38.2 Å². The van der Waals surface area contributed by atoms with Gasteiger partial charge in [-0.05, 0) is 105 Å². The number of ether oxygens (including phenoxy) is 5. The maximum atomic E-state index is 12.5. The van der Waals surface area contributed by atoms with Crippen LogP contribution in [0.15, 0.2) is 91.0 Å². The van der Waals surface area contributed by atoms with E-state index < -0.39 is 11.9 Å². The van der Waals surface area contributed by atoms with Crippen LogP contribution in [0.3, 0.4) is 0 Å². The molecule has 0 aromatic heterocycles. The second kappa shape index (κ2) is 16.3. The van der Waals surface area contributed by atoms with Crippen molar-refractivity contribution in [3.05, 3.63) is 102 Å². The standard InChI is InChI=1S/C33H34O8/c1-24(2)32(35)39-23-7-5-4-6-22-38-28-15-11-26(12-16-28)33(36)41-30-19-17-29(18-20-30)40-31(34)21-10-25-8-13-27(37-3)14-9-25/h8-21H,1,4-7,22-23H2,2-3H3/b21-10+. The van der Waals surface area contributed by atoms with Gasteiger partial charge in [-0.2, -0.15) is 0 Å². The number of rotatable bonds is 15. The molecule has 0 aliphatic rings. The van der Waals surface area contributed by atoms with Crippen LogP contribution in [0.2, 0.25) is 0 Å². The lowest BCUT2D eigenvalue weighted by Crippen LogP contribution is -2.08. The highest BCUT2D eigenvalue weighted by Crippen LogP contribution is 2.20. The van der Waals surface area contributed by atoms with Crippen molar-refractivity contribution in [2.75, 3.05) is 20.3 Å². The van der Waals surface area contributed by atoms with Gasteiger partial charge in [-0.1, -0.05) is 18.7 Å². The van der Waals surface area contributed by atoms with E-state index in [1.165, 1.54) is 6.08 Å². The molecule has 0 atom stereocenters. The van der Waals surface area contributed by atoms with Gasteiger partial charge >= 0.3 is 17.9 Å². The van der Waals surface area contributed by atoms with E-state index >= 15 is 0 Å². The van der Waals surface area contributed by atoms with Gasteiger partial charge in [0.1, 0.15) is 23.0 Å². The second-order valence-electron chi connectivity index (χ2n) is 9.09. The number of benzene rings is 3. The van der Waals surface area contributed by atoms with Gasteiger partial charge in [0, 0.05) is 11.6 Å². The van der Waals surface area contributed by atoms with E-state index in [1.807, 2.05) is 12.1 Å². The molecule has 3 aromatic rings. The van der Waals surface area contributed by atoms with Gasteiger partial charge in [0.25, 0.3) is 0 Å². The molecule has 0 spiro atoms. The molecule has 3 aromatic carbocycles. The Morgan fingerprint density at radius 1 is 0.707 bits per heavy atom. The second-order valence-corrected chi connectivity index (χ2v) is 9.09. The van der Waals surface area contributed by atoms with Crippen molar-refractivity contribution in [2.45, 2.75) is 32.6 Å². The minimum atomic E-state index is -0.533. The molecule has 214 valence electrons. The lowest BCUT2D eigenvalue weighted by atomic mass is 10.2. The Morgan fingerprint density at radius 2 is 1.27 bits per heavy atom. The van der Waals surface area contributed by atoms with Crippen LogP contribution < -0.4 is 18.9 Å². The zero-order chi connectivity index (χ0) is 29.5. The van der Waals surface area contributed by atoms with Crippen LogP contribution in [0.25, 0.3) is 6.08 Å². The third-order valence-electron chi connectivity index (χ3n) is 5.76. The van der Waals surface area contributed by atoms with E-state index in [0.717, 1.165) is 37.0 Å². The van der Waals surface area contributed by atoms with Crippen LogP contribution in [0.5, 0.6) is 23.0 Å². The predicted octanol–water partition coefficient (Wildman–Crippen LogP) is 6.59. The van der Waals surface area contributed by atoms with Gasteiger partial charge in [0.15, 0.2) is 0 Å². The van der Waals surface area contributed by atoms with Crippen molar-refractivity contribution < 1.29 is 38.1 Å². The smallest absolute Gasteiger partial charge is 0.343 e. The number of methoxy groups -OCH3 is 1. The maximum absolute atomic E-state index is 12.5. The highest BCUT2D eigenvalue weighted by Gasteiger charge is 2.10. The van der Waals surface area contributed by atoms with Crippen molar-refractivity contribution >= 4 is 24.0 Å². The quantitative estimate of drug-likeness (QED) is 0.0892. The monoisotopic (exact) mass is 558 g/mol. The van der Waals surface area contributed by atoms with Crippen LogP contribution in [-0.2, 0) is 14.3 Å². The molecule has 0 saturated carbocycles. The molecule has 3 rings (SSSR count). The van der Waals surface area contributed by atoms with Gasteiger partial charge in [-0.3, -0.25) is 0 Å². The average molecular weight is 559 g/mol. The lowest BCUT2D eigenvalue weighted by Gasteiger charge is -2.08. The van der Waals surface area contributed by atoms with Gasteiger partial charge in [-0.15, -0.1) is 0 Å². The molecule has 41 heavy (non-hydrogen) atoms. The highest BCUT2D eigenvalue weighted by molar-refractivity contribution is 5.91. The summed E-state index contributed by atoms with van der Waals surface area (Å²) < 4.78 is 26.6. The van der Waals surface area contributed by atoms with Gasteiger partial charge in [0.2, 0.25) is 0 Å². The number of hydrogen-bond acceptors (Lipinski definition) is 8. The fourth-order valence-electron chi connectivity index (χ4n) is 3.49. The summed E-state index contributed by atoms with van der Waals surface area (Å²) in [6, 6.07) is 20.2. The molecule has 0 saturated heterocycles. The highest BCUT2D eigenvalue weighted by atomic mass is 16.5. The SMILES string of the molecule is C=C(C)C(=O)OCCCCCCOc1ccc(C(=O)Oc2ccc(OC(=O)/C=C/c3ccc(OC)cc3)cc2)cc1. The maximum Gasteiger partial charge on any atom is 0.343 e. The van der Waals surface area contributed by atoms with Crippen LogP contribution in [0, 0.1) is 0 Å². The molecule has 0 radical (unpaired) electrons. The Hall–Kier alpha value is -4.85. The minimum Gasteiger partial charge on any atom is -0.497 e. The summed E-state index contributed by atoms with van der Waals surface area (Å²) in [5.41, 5.74) is 1.61. The zero-order valence-corrected chi connectivity index (χ0v) is 23.3. The number of carbonyl (C=O) groups is 3. The van der Waals surface area contributed by atoms with Gasteiger partial charge in [-0.25, -0.2) is 14.4 Å². The van der Waals surface area contributed by atoms with E-state index in [0.29, 0.717) is 41.6 Å². The fourth-order valence-corrected chi connectivity index (χ4v) is 3.49. The summed E-state index contributed by atoms with van der Waals surface area (Å²) in [4.78, 5) is 35.9. The average Bonchev–Trinajstić information content (AvgIpc) is 2.98. The number of carbonyl (C=O) groups excluding carboxylic acids is 3. The largest absolute Gasteiger partial charge is 0.497 e. The van der Waals surface area contributed by atoms with Crippen molar-refractivity contribution in [1.29, 1.82) is 0 Å². The van der Waals surface area contributed by atoms with E-state index in [1.54, 1.807) is 80.8 Å². The molecular weight excluding hydrogens is 524 g/mol. The summed E-state index contributed by atoms with van der Waals surface area (Å²) in [6.45, 7) is 6.11. The minimum absolute atomic E-state index is 0.318. The Kier molecular flexibility index (Phi) is 12.2. The third-order valence-corrected chi connectivity index (χ3v) is 5.76. The Balaban J connectivity index is 1.35.